The van der Waals surface area contributed by atoms with Crippen molar-refractivity contribution >= 4 is 12.6 Å². The number of hydrogen-bond donors (Lipinski definition) is 2. The van der Waals surface area contributed by atoms with Crippen LogP contribution in [0.25, 0.3) is 0 Å². The molecule has 1 aromatic carbocycles. The van der Waals surface area contributed by atoms with E-state index in [2.05, 4.69) is 0 Å². The van der Waals surface area contributed by atoms with E-state index in [1.54, 1.807) is 18.2 Å². The molecule has 1 atom stereocenters. The van der Waals surface area contributed by atoms with Gasteiger partial charge in [0.25, 0.3) is 0 Å². The van der Waals surface area contributed by atoms with Gasteiger partial charge < -0.3 is 19.5 Å². The van der Waals surface area contributed by atoms with Gasteiger partial charge in [-0.1, -0.05) is 19.1 Å². The molecule has 80 valence electrons. The molecule has 0 unspecified atom stereocenters. The number of fused-ring (bicyclic) bond motifs is 1. The molecule has 5 heteroatoms. The standard InChI is InChI=1S/C10H13BO4/c1-7-5-14-9-4-2-3-8(11(12)13)10(9)15-6-7/h2-4,7,12-13H,5-6H2,1H3/t7-/m1/s1. The van der Waals surface area contributed by atoms with Crippen molar-refractivity contribution in [2.75, 3.05) is 13.2 Å². The van der Waals surface area contributed by atoms with Gasteiger partial charge in [-0.25, -0.2) is 0 Å². The molecule has 4 nitrogen and oxygen atoms in total. The fraction of sp³-hybridized carbons (Fsp3) is 0.400. The van der Waals surface area contributed by atoms with Crippen molar-refractivity contribution in [1.29, 1.82) is 0 Å². The Labute approximate surface area is 88.6 Å². The molecule has 1 aliphatic heterocycles. The largest absolute Gasteiger partial charge is 0.492 e. The molecule has 0 fully saturated rings. The van der Waals surface area contributed by atoms with Crippen LogP contribution < -0.4 is 14.9 Å². The van der Waals surface area contributed by atoms with Gasteiger partial charge in [0.2, 0.25) is 0 Å². The highest BCUT2D eigenvalue weighted by molar-refractivity contribution is 6.59. The van der Waals surface area contributed by atoms with Crippen molar-refractivity contribution in [3.8, 4) is 11.5 Å². The van der Waals surface area contributed by atoms with E-state index < -0.39 is 7.12 Å². The van der Waals surface area contributed by atoms with Crippen LogP contribution >= 0.6 is 0 Å². The summed E-state index contributed by atoms with van der Waals surface area (Å²) >= 11 is 0. The van der Waals surface area contributed by atoms with Crippen LogP contribution in [0.4, 0.5) is 0 Å². The van der Waals surface area contributed by atoms with Gasteiger partial charge in [-0.15, -0.1) is 0 Å². The molecule has 1 aromatic rings. The number of hydrogen-bond acceptors (Lipinski definition) is 4. The van der Waals surface area contributed by atoms with Gasteiger partial charge in [0.1, 0.15) is 0 Å². The van der Waals surface area contributed by atoms with E-state index >= 15 is 0 Å². The molecule has 0 saturated carbocycles. The minimum absolute atomic E-state index is 0.293. The minimum Gasteiger partial charge on any atom is -0.490 e. The number of benzene rings is 1. The monoisotopic (exact) mass is 208 g/mol. The lowest BCUT2D eigenvalue weighted by atomic mass is 9.79. The number of ether oxygens (including phenoxy) is 2. The van der Waals surface area contributed by atoms with Crippen LogP contribution in [-0.2, 0) is 0 Å². The molecule has 1 heterocycles. The average Bonchev–Trinajstić information content (AvgIpc) is 2.40. The first-order valence-electron chi connectivity index (χ1n) is 4.93. The van der Waals surface area contributed by atoms with Crippen LogP contribution in [0.1, 0.15) is 6.92 Å². The van der Waals surface area contributed by atoms with Gasteiger partial charge in [0, 0.05) is 11.4 Å². The third kappa shape index (κ3) is 2.08. The third-order valence-electron chi connectivity index (χ3n) is 2.32. The van der Waals surface area contributed by atoms with Gasteiger partial charge in [0.05, 0.1) is 13.2 Å². The Morgan fingerprint density at radius 3 is 2.73 bits per heavy atom. The third-order valence-corrected chi connectivity index (χ3v) is 2.32. The van der Waals surface area contributed by atoms with Gasteiger partial charge in [-0.2, -0.15) is 0 Å². The molecule has 0 spiro atoms. The van der Waals surface area contributed by atoms with E-state index in [1.807, 2.05) is 6.92 Å². The summed E-state index contributed by atoms with van der Waals surface area (Å²) in [6.07, 6.45) is 0. The maximum atomic E-state index is 9.16. The first-order valence-corrected chi connectivity index (χ1v) is 4.93. The highest BCUT2D eigenvalue weighted by Gasteiger charge is 2.23. The average molecular weight is 208 g/mol. The minimum atomic E-state index is -1.53. The molecule has 0 aromatic heterocycles. The van der Waals surface area contributed by atoms with Crippen molar-refractivity contribution in [1.82, 2.24) is 0 Å². The summed E-state index contributed by atoms with van der Waals surface area (Å²) in [4.78, 5) is 0. The molecule has 0 saturated heterocycles. The fourth-order valence-electron chi connectivity index (χ4n) is 1.51. The van der Waals surface area contributed by atoms with Crippen LogP contribution in [0.5, 0.6) is 11.5 Å². The SMILES string of the molecule is C[C@@H]1COc2cccc(B(O)O)c2OC1. The van der Waals surface area contributed by atoms with Gasteiger partial charge in [0.15, 0.2) is 11.5 Å². The Bertz CT molecular complexity index is 353. The second-order valence-corrected chi connectivity index (χ2v) is 3.78. The summed E-state index contributed by atoms with van der Waals surface area (Å²) in [7, 11) is -1.53. The molecule has 2 N–H and O–H groups in total. The molecular weight excluding hydrogens is 195 g/mol. The summed E-state index contributed by atoms with van der Waals surface area (Å²) < 4.78 is 11.0. The van der Waals surface area contributed by atoms with Crippen LogP contribution in [-0.4, -0.2) is 30.4 Å². The topological polar surface area (TPSA) is 58.9 Å². The Balaban J connectivity index is 2.38. The van der Waals surface area contributed by atoms with Gasteiger partial charge in [-0.3, -0.25) is 0 Å². The van der Waals surface area contributed by atoms with Crippen molar-refractivity contribution in [3.63, 3.8) is 0 Å². The number of rotatable bonds is 1. The summed E-state index contributed by atoms with van der Waals surface area (Å²) in [6, 6.07) is 5.09. The predicted molar refractivity (Wildman–Crippen MR) is 56.4 cm³/mol. The van der Waals surface area contributed by atoms with Crippen LogP contribution in [0.3, 0.4) is 0 Å². The van der Waals surface area contributed by atoms with Crippen LogP contribution in [0.15, 0.2) is 18.2 Å². The lowest BCUT2D eigenvalue weighted by molar-refractivity contribution is 0.228. The van der Waals surface area contributed by atoms with Crippen LogP contribution in [0.2, 0.25) is 0 Å². The molecule has 0 radical (unpaired) electrons. The Morgan fingerprint density at radius 1 is 1.27 bits per heavy atom. The van der Waals surface area contributed by atoms with Crippen molar-refractivity contribution < 1.29 is 19.5 Å². The first kappa shape index (κ1) is 10.3. The van der Waals surface area contributed by atoms with E-state index in [0.29, 0.717) is 36.1 Å². The van der Waals surface area contributed by atoms with E-state index in [4.69, 9.17) is 19.5 Å². The second-order valence-electron chi connectivity index (χ2n) is 3.78. The maximum Gasteiger partial charge on any atom is 0.492 e. The quantitative estimate of drug-likeness (QED) is 0.626. The Morgan fingerprint density at radius 2 is 2.00 bits per heavy atom. The van der Waals surface area contributed by atoms with Crippen molar-refractivity contribution in [2.45, 2.75) is 6.92 Å². The van der Waals surface area contributed by atoms with E-state index in [-0.39, 0.29) is 0 Å². The van der Waals surface area contributed by atoms with Crippen molar-refractivity contribution in [3.05, 3.63) is 18.2 Å². The predicted octanol–water partition coefficient (Wildman–Crippen LogP) is -0.226. The molecule has 0 aliphatic carbocycles. The highest BCUT2D eigenvalue weighted by Crippen LogP contribution is 2.28. The molecule has 2 rings (SSSR count). The molecule has 15 heavy (non-hydrogen) atoms. The highest BCUT2D eigenvalue weighted by atomic mass is 16.5. The lowest BCUT2D eigenvalue weighted by Gasteiger charge is -2.11. The summed E-state index contributed by atoms with van der Waals surface area (Å²) in [5.41, 5.74) is 0.349. The summed E-state index contributed by atoms with van der Waals surface area (Å²) in [5.74, 6) is 1.31. The Kier molecular flexibility index (Phi) is 2.84. The zero-order valence-corrected chi connectivity index (χ0v) is 8.51. The molecule has 0 amide bonds. The maximum absolute atomic E-state index is 9.16. The molecule has 1 aliphatic rings. The smallest absolute Gasteiger partial charge is 0.490 e. The van der Waals surface area contributed by atoms with E-state index in [0.717, 1.165) is 0 Å². The summed E-state index contributed by atoms with van der Waals surface area (Å²) in [6.45, 7) is 3.12. The zero-order valence-electron chi connectivity index (χ0n) is 8.51. The Hall–Kier alpha value is -1.20. The zero-order chi connectivity index (χ0) is 10.8. The number of para-hydroxylation sites is 1. The van der Waals surface area contributed by atoms with Crippen molar-refractivity contribution in [2.24, 2.45) is 5.92 Å². The van der Waals surface area contributed by atoms with Gasteiger partial charge >= 0.3 is 7.12 Å². The normalized spacial score (nSPS) is 19.5. The van der Waals surface area contributed by atoms with Crippen LogP contribution in [0, 0.1) is 5.92 Å². The van der Waals surface area contributed by atoms with Gasteiger partial charge in [-0.05, 0) is 6.07 Å². The second kappa shape index (κ2) is 4.12. The first-order chi connectivity index (χ1) is 7.18. The molecular formula is C10H13BO4. The van der Waals surface area contributed by atoms with E-state index in [9.17, 15) is 0 Å². The summed E-state index contributed by atoms with van der Waals surface area (Å²) in [5, 5.41) is 18.3. The fourth-order valence-corrected chi connectivity index (χ4v) is 1.51. The lowest BCUT2D eigenvalue weighted by Crippen LogP contribution is -2.31. The molecule has 0 bridgehead atoms. The van der Waals surface area contributed by atoms with E-state index in [1.165, 1.54) is 0 Å².